The third kappa shape index (κ3) is 1.71. The van der Waals surface area contributed by atoms with Crippen LogP contribution in [0.4, 0.5) is 0 Å². The van der Waals surface area contributed by atoms with Crippen LogP contribution in [0.5, 0.6) is 0 Å². The maximum atomic E-state index is 10.8. The Bertz CT molecular complexity index is 435. The maximum Gasteiger partial charge on any atom is 0.324 e. The van der Waals surface area contributed by atoms with Crippen molar-refractivity contribution in [1.82, 2.24) is 0 Å². The Morgan fingerprint density at radius 3 is 2.60 bits per heavy atom. The lowest BCUT2D eigenvalue weighted by Crippen LogP contribution is -2.34. The van der Waals surface area contributed by atoms with Gasteiger partial charge in [0.25, 0.3) is 0 Å². The Kier molecular flexibility index (Phi) is 2.41. The van der Waals surface area contributed by atoms with Gasteiger partial charge >= 0.3 is 5.97 Å². The van der Waals surface area contributed by atoms with Crippen LogP contribution in [0.3, 0.4) is 0 Å². The number of benzene rings is 1. The molecule has 0 radical (unpaired) electrons. The van der Waals surface area contributed by atoms with Gasteiger partial charge in [0, 0.05) is 5.92 Å². The van der Waals surface area contributed by atoms with E-state index in [1.165, 1.54) is 0 Å². The van der Waals surface area contributed by atoms with Gasteiger partial charge in [-0.15, -0.1) is 0 Å². The van der Waals surface area contributed by atoms with Gasteiger partial charge in [-0.2, -0.15) is 0 Å². The largest absolute Gasteiger partial charge is 0.480 e. The zero-order valence-electron chi connectivity index (χ0n) is 7.71. The number of rotatable bonds is 2. The Morgan fingerprint density at radius 2 is 2.13 bits per heavy atom. The van der Waals surface area contributed by atoms with Crippen LogP contribution in [0, 0.1) is 0 Å². The van der Waals surface area contributed by atoms with Gasteiger partial charge in [0.2, 0.25) is 0 Å². The molecule has 1 aliphatic carbocycles. The van der Waals surface area contributed by atoms with E-state index >= 15 is 0 Å². The first-order chi connectivity index (χ1) is 6.95. The van der Waals surface area contributed by atoms with Crippen molar-refractivity contribution in [2.24, 2.45) is 5.73 Å². The summed E-state index contributed by atoms with van der Waals surface area (Å²) >= 11 is 11.6. The first-order valence-corrected chi connectivity index (χ1v) is 5.18. The molecule has 0 amide bonds. The van der Waals surface area contributed by atoms with Gasteiger partial charge in [0.05, 0.1) is 10.0 Å². The zero-order valence-corrected chi connectivity index (χ0v) is 9.22. The molecule has 0 saturated heterocycles. The monoisotopic (exact) mass is 245 g/mol. The van der Waals surface area contributed by atoms with E-state index in [1.807, 2.05) is 0 Å². The van der Waals surface area contributed by atoms with Gasteiger partial charge in [0.15, 0.2) is 0 Å². The second-order valence-corrected chi connectivity index (χ2v) is 4.59. The first kappa shape index (κ1) is 10.7. The molecule has 3 N–H and O–H groups in total. The number of halogens is 2. The summed E-state index contributed by atoms with van der Waals surface area (Å²) in [6.45, 7) is 0. The van der Waals surface area contributed by atoms with Crippen molar-refractivity contribution in [1.29, 1.82) is 0 Å². The molecule has 0 unspecified atom stereocenters. The number of hydrogen-bond donors (Lipinski definition) is 2. The average Bonchev–Trinajstić information content (AvgIpc) is 2.85. The van der Waals surface area contributed by atoms with Crippen LogP contribution in [0.25, 0.3) is 0 Å². The summed E-state index contributed by atoms with van der Waals surface area (Å²) in [6, 6.07) is 5.09. The second-order valence-electron chi connectivity index (χ2n) is 3.78. The third-order valence-electron chi connectivity index (χ3n) is 2.75. The number of carboxylic acid groups (broad SMARTS) is 1. The molecule has 2 atom stereocenters. The molecule has 2 rings (SSSR count). The highest BCUT2D eigenvalue weighted by atomic mass is 35.5. The molecule has 5 heteroatoms. The Balaban J connectivity index is 2.27. The molecule has 15 heavy (non-hydrogen) atoms. The molecule has 0 heterocycles. The number of nitrogens with two attached hydrogens (primary N) is 1. The summed E-state index contributed by atoms with van der Waals surface area (Å²) in [5, 5.41) is 9.77. The van der Waals surface area contributed by atoms with Gasteiger partial charge in [-0.25, -0.2) is 0 Å². The van der Waals surface area contributed by atoms with Gasteiger partial charge in [-0.3, -0.25) is 4.79 Å². The molecule has 1 aromatic rings. The lowest BCUT2D eigenvalue weighted by molar-refractivity contribution is -0.139. The van der Waals surface area contributed by atoms with E-state index in [4.69, 9.17) is 34.0 Å². The van der Waals surface area contributed by atoms with Gasteiger partial charge < -0.3 is 10.8 Å². The molecule has 0 aliphatic heterocycles. The van der Waals surface area contributed by atoms with E-state index in [0.29, 0.717) is 16.5 Å². The van der Waals surface area contributed by atoms with Gasteiger partial charge in [-0.05, 0) is 24.1 Å². The van der Waals surface area contributed by atoms with E-state index in [-0.39, 0.29) is 5.92 Å². The quantitative estimate of drug-likeness (QED) is 0.841. The molecule has 0 spiro atoms. The molecular formula is C10H9Cl2NO2. The van der Waals surface area contributed by atoms with Crippen molar-refractivity contribution in [2.75, 3.05) is 0 Å². The summed E-state index contributed by atoms with van der Waals surface area (Å²) in [4.78, 5) is 10.8. The summed E-state index contributed by atoms with van der Waals surface area (Å²) in [6.07, 6.45) is 0.445. The van der Waals surface area contributed by atoms with E-state index in [1.54, 1.807) is 18.2 Å². The minimum absolute atomic E-state index is 0.162. The van der Waals surface area contributed by atoms with Crippen molar-refractivity contribution in [3.05, 3.63) is 33.8 Å². The highest BCUT2D eigenvalue weighted by Gasteiger charge is 2.58. The minimum Gasteiger partial charge on any atom is -0.480 e. The molecule has 80 valence electrons. The third-order valence-corrected chi connectivity index (χ3v) is 3.49. The first-order valence-electron chi connectivity index (χ1n) is 4.42. The number of aliphatic carboxylic acids is 1. The highest BCUT2D eigenvalue weighted by molar-refractivity contribution is 6.42. The van der Waals surface area contributed by atoms with Crippen LogP contribution in [-0.2, 0) is 4.79 Å². The van der Waals surface area contributed by atoms with Crippen molar-refractivity contribution in [3.63, 3.8) is 0 Å². The summed E-state index contributed by atoms with van der Waals surface area (Å²) < 4.78 is 0. The Hall–Kier alpha value is -0.770. The predicted octanol–water partition coefficient (Wildman–Crippen LogP) is 2.26. The Labute approximate surface area is 96.8 Å². The van der Waals surface area contributed by atoms with E-state index < -0.39 is 11.5 Å². The van der Waals surface area contributed by atoms with Crippen LogP contribution in [0.2, 0.25) is 10.0 Å². The van der Waals surface area contributed by atoms with Crippen LogP contribution < -0.4 is 5.73 Å². The van der Waals surface area contributed by atoms with Crippen LogP contribution in [-0.4, -0.2) is 16.6 Å². The zero-order chi connectivity index (χ0) is 11.2. The van der Waals surface area contributed by atoms with Crippen molar-refractivity contribution >= 4 is 29.2 Å². The SMILES string of the molecule is N[C@@]1(C(=O)O)C[C@@H]1c1ccc(Cl)c(Cl)c1. The normalized spacial score (nSPS) is 28.9. The lowest BCUT2D eigenvalue weighted by atomic mass is 10.1. The molecular weight excluding hydrogens is 237 g/mol. The molecule has 1 fully saturated rings. The lowest BCUT2D eigenvalue weighted by Gasteiger charge is -2.06. The molecule has 1 aliphatic rings. The van der Waals surface area contributed by atoms with Crippen LogP contribution in [0.15, 0.2) is 18.2 Å². The maximum absolute atomic E-state index is 10.8. The standard InChI is InChI=1S/C10H9Cl2NO2/c11-7-2-1-5(3-8(7)12)6-4-10(6,13)9(14)15/h1-3,6H,4,13H2,(H,14,15)/t6-,10+/m1/s1. The van der Waals surface area contributed by atoms with E-state index in [0.717, 1.165) is 5.56 Å². The van der Waals surface area contributed by atoms with Crippen molar-refractivity contribution in [2.45, 2.75) is 17.9 Å². The predicted molar refractivity (Wildman–Crippen MR) is 58.4 cm³/mol. The number of carboxylic acids is 1. The van der Waals surface area contributed by atoms with E-state index in [9.17, 15) is 4.79 Å². The minimum atomic E-state index is -1.13. The fourth-order valence-corrected chi connectivity index (χ4v) is 1.97. The molecule has 0 aromatic heterocycles. The van der Waals surface area contributed by atoms with Crippen LogP contribution in [0.1, 0.15) is 17.9 Å². The summed E-state index contributed by atoms with van der Waals surface area (Å²) in [7, 11) is 0. The summed E-state index contributed by atoms with van der Waals surface area (Å²) in [5.74, 6) is -1.14. The van der Waals surface area contributed by atoms with Crippen LogP contribution >= 0.6 is 23.2 Å². The molecule has 3 nitrogen and oxygen atoms in total. The summed E-state index contributed by atoms with van der Waals surface area (Å²) in [5.41, 5.74) is 5.38. The second kappa shape index (κ2) is 3.37. The smallest absolute Gasteiger partial charge is 0.324 e. The molecule has 1 aromatic carbocycles. The molecule has 1 saturated carbocycles. The Morgan fingerprint density at radius 1 is 1.47 bits per heavy atom. The topological polar surface area (TPSA) is 63.3 Å². The fraction of sp³-hybridized carbons (Fsp3) is 0.300. The van der Waals surface area contributed by atoms with Crippen molar-refractivity contribution < 1.29 is 9.90 Å². The van der Waals surface area contributed by atoms with E-state index in [2.05, 4.69) is 0 Å². The fourth-order valence-electron chi connectivity index (χ4n) is 1.66. The highest BCUT2D eigenvalue weighted by Crippen LogP contribution is 2.50. The molecule has 0 bridgehead atoms. The number of carbonyl (C=O) groups is 1. The number of hydrogen-bond acceptors (Lipinski definition) is 2. The van der Waals surface area contributed by atoms with Crippen molar-refractivity contribution in [3.8, 4) is 0 Å². The van der Waals surface area contributed by atoms with Gasteiger partial charge in [0.1, 0.15) is 5.54 Å². The average molecular weight is 246 g/mol. The van der Waals surface area contributed by atoms with Gasteiger partial charge in [-0.1, -0.05) is 29.3 Å².